The number of ether oxygens (including phenoxy) is 2. The Bertz CT molecular complexity index is 435. The molecule has 0 saturated heterocycles. The van der Waals surface area contributed by atoms with Gasteiger partial charge in [0.1, 0.15) is 0 Å². The zero-order valence-corrected chi connectivity index (χ0v) is 11.7. The van der Waals surface area contributed by atoms with Gasteiger partial charge in [0, 0.05) is 24.9 Å². The molecule has 0 radical (unpaired) electrons. The van der Waals surface area contributed by atoms with Crippen LogP contribution in [0.1, 0.15) is 13.8 Å². The topological polar surface area (TPSA) is 73.6 Å². The van der Waals surface area contributed by atoms with Crippen molar-refractivity contribution in [2.24, 2.45) is 5.92 Å². The highest BCUT2D eigenvalue weighted by atomic mass is 16.6. The van der Waals surface area contributed by atoms with E-state index in [4.69, 9.17) is 9.47 Å². The molecule has 1 aromatic carbocycles. The number of rotatable bonds is 7. The van der Waals surface area contributed by atoms with Gasteiger partial charge in [-0.3, -0.25) is 10.1 Å². The molecule has 0 aliphatic rings. The average molecular weight is 268 g/mol. The summed E-state index contributed by atoms with van der Waals surface area (Å²) in [6.07, 6.45) is 0. The molecular weight excluding hydrogens is 248 g/mol. The third kappa shape index (κ3) is 4.10. The summed E-state index contributed by atoms with van der Waals surface area (Å²) in [6, 6.07) is 4.87. The molecule has 6 heteroatoms. The number of methoxy groups -OCH3 is 2. The molecule has 6 nitrogen and oxygen atoms in total. The van der Waals surface area contributed by atoms with Crippen LogP contribution in [0.15, 0.2) is 18.2 Å². The second kappa shape index (κ2) is 6.94. The Balaban J connectivity index is 2.92. The van der Waals surface area contributed by atoms with E-state index in [0.717, 1.165) is 5.69 Å². The van der Waals surface area contributed by atoms with Crippen LogP contribution in [0.25, 0.3) is 0 Å². The van der Waals surface area contributed by atoms with Crippen molar-refractivity contribution < 1.29 is 14.4 Å². The molecule has 1 N–H and O–H groups in total. The maximum absolute atomic E-state index is 10.8. The highest BCUT2D eigenvalue weighted by molar-refractivity contribution is 5.58. The number of hydrogen-bond donors (Lipinski definition) is 1. The summed E-state index contributed by atoms with van der Waals surface area (Å²) >= 11 is 0. The van der Waals surface area contributed by atoms with E-state index in [-0.39, 0.29) is 17.5 Å². The molecular formula is C13H20N2O4. The fraction of sp³-hybridized carbons (Fsp3) is 0.538. The highest BCUT2D eigenvalue weighted by Gasteiger charge is 2.17. The second-order valence-corrected chi connectivity index (χ2v) is 4.59. The molecule has 0 bridgehead atoms. The van der Waals surface area contributed by atoms with Crippen LogP contribution >= 0.6 is 0 Å². The lowest BCUT2D eigenvalue weighted by Gasteiger charge is -2.22. The number of benzene rings is 1. The van der Waals surface area contributed by atoms with E-state index >= 15 is 0 Å². The Morgan fingerprint density at radius 3 is 2.53 bits per heavy atom. The van der Waals surface area contributed by atoms with Gasteiger partial charge >= 0.3 is 5.69 Å². The molecule has 0 aliphatic heterocycles. The molecule has 0 spiro atoms. The molecule has 1 atom stereocenters. The van der Waals surface area contributed by atoms with Gasteiger partial charge in [-0.25, -0.2) is 0 Å². The van der Waals surface area contributed by atoms with Crippen LogP contribution in [-0.2, 0) is 4.74 Å². The quantitative estimate of drug-likeness (QED) is 0.608. The van der Waals surface area contributed by atoms with Gasteiger partial charge in [0.25, 0.3) is 0 Å². The lowest BCUT2D eigenvalue weighted by molar-refractivity contribution is -0.385. The lowest BCUT2D eigenvalue weighted by atomic mass is 10.0. The summed E-state index contributed by atoms with van der Waals surface area (Å²) in [4.78, 5) is 10.3. The van der Waals surface area contributed by atoms with Gasteiger partial charge in [0.2, 0.25) is 0 Å². The van der Waals surface area contributed by atoms with Gasteiger partial charge in [0.15, 0.2) is 5.75 Å². The molecule has 106 valence electrons. The van der Waals surface area contributed by atoms with Crippen LogP contribution in [-0.4, -0.2) is 31.8 Å². The standard InChI is InChI=1S/C13H20N2O4/c1-9(2)11(8-18-3)14-10-5-6-12(15(16)17)13(7-10)19-4/h5-7,9,11,14H,8H2,1-4H3. The summed E-state index contributed by atoms with van der Waals surface area (Å²) in [6.45, 7) is 4.73. The lowest BCUT2D eigenvalue weighted by Crippen LogP contribution is -2.30. The van der Waals surface area contributed by atoms with Gasteiger partial charge in [-0.05, 0) is 12.0 Å². The van der Waals surface area contributed by atoms with E-state index in [9.17, 15) is 10.1 Å². The summed E-state index contributed by atoms with van der Waals surface area (Å²) < 4.78 is 10.2. The summed E-state index contributed by atoms with van der Waals surface area (Å²) in [5.74, 6) is 0.621. The Morgan fingerprint density at radius 2 is 2.05 bits per heavy atom. The third-order valence-corrected chi connectivity index (χ3v) is 2.88. The molecule has 0 saturated carbocycles. The van der Waals surface area contributed by atoms with Crippen molar-refractivity contribution in [3.05, 3.63) is 28.3 Å². The average Bonchev–Trinajstić information content (AvgIpc) is 2.37. The van der Waals surface area contributed by atoms with Crippen molar-refractivity contribution in [3.8, 4) is 5.75 Å². The molecule has 0 aromatic heterocycles. The number of anilines is 1. The number of nitro benzene ring substituents is 1. The maximum atomic E-state index is 10.8. The van der Waals surface area contributed by atoms with Crippen LogP contribution < -0.4 is 10.1 Å². The first-order valence-corrected chi connectivity index (χ1v) is 6.07. The minimum absolute atomic E-state index is 0.0408. The molecule has 0 aliphatic carbocycles. The molecule has 0 amide bonds. The largest absolute Gasteiger partial charge is 0.490 e. The van der Waals surface area contributed by atoms with Crippen molar-refractivity contribution >= 4 is 11.4 Å². The van der Waals surface area contributed by atoms with Crippen LogP contribution in [0.5, 0.6) is 5.75 Å². The first kappa shape index (κ1) is 15.2. The molecule has 1 aromatic rings. The van der Waals surface area contributed by atoms with E-state index in [1.807, 2.05) is 0 Å². The minimum atomic E-state index is -0.461. The van der Waals surface area contributed by atoms with Crippen LogP contribution in [0, 0.1) is 16.0 Å². The van der Waals surface area contributed by atoms with Crippen LogP contribution in [0.3, 0.4) is 0 Å². The zero-order chi connectivity index (χ0) is 14.4. The van der Waals surface area contributed by atoms with Crippen molar-refractivity contribution in [2.45, 2.75) is 19.9 Å². The van der Waals surface area contributed by atoms with E-state index in [1.165, 1.54) is 13.2 Å². The number of nitro groups is 1. The molecule has 0 fully saturated rings. The van der Waals surface area contributed by atoms with E-state index in [2.05, 4.69) is 19.2 Å². The third-order valence-electron chi connectivity index (χ3n) is 2.88. The normalized spacial score (nSPS) is 12.3. The predicted octanol–water partition coefficient (Wildman–Crippen LogP) is 2.69. The molecule has 0 heterocycles. The fourth-order valence-electron chi connectivity index (χ4n) is 1.71. The predicted molar refractivity (Wildman–Crippen MR) is 73.8 cm³/mol. The van der Waals surface area contributed by atoms with Crippen LogP contribution in [0.4, 0.5) is 11.4 Å². The number of nitrogens with zero attached hydrogens (tertiary/aromatic N) is 1. The fourth-order valence-corrected chi connectivity index (χ4v) is 1.71. The van der Waals surface area contributed by atoms with Gasteiger partial charge < -0.3 is 14.8 Å². The first-order valence-electron chi connectivity index (χ1n) is 6.07. The Hall–Kier alpha value is -1.82. The molecule has 19 heavy (non-hydrogen) atoms. The van der Waals surface area contributed by atoms with Crippen molar-refractivity contribution in [2.75, 3.05) is 26.1 Å². The number of hydrogen-bond acceptors (Lipinski definition) is 5. The Kier molecular flexibility index (Phi) is 5.57. The smallest absolute Gasteiger partial charge is 0.311 e. The summed E-state index contributed by atoms with van der Waals surface area (Å²) in [5.41, 5.74) is 0.735. The summed E-state index contributed by atoms with van der Waals surface area (Å²) in [7, 11) is 3.06. The van der Waals surface area contributed by atoms with Gasteiger partial charge in [-0.1, -0.05) is 13.8 Å². The Labute approximate surface area is 112 Å². The zero-order valence-electron chi connectivity index (χ0n) is 11.7. The number of nitrogens with one attached hydrogen (secondary N) is 1. The van der Waals surface area contributed by atoms with E-state index in [1.54, 1.807) is 19.2 Å². The Morgan fingerprint density at radius 1 is 1.37 bits per heavy atom. The first-order chi connectivity index (χ1) is 8.99. The van der Waals surface area contributed by atoms with Crippen LogP contribution in [0.2, 0.25) is 0 Å². The van der Waals surface area contributed by atoms with E-state index < -0.39 is 4.92 Å². The monoisotopic (exact) mass is 268 g/mol. The minimum Gasteiger partial charge on any atom is -0.490 e. The SMILES string of the molecule is COCC(Nc1ccc([N+](=O)[O-])c(OC)c1)C(C)C. The van der Waals surface area contributed by atoms with Gasteiger partial charge in [-0.15, -0.1) is 0 Å². The van der Waals surface area contributed by atoms with Crippen molar-refractivity contribution in [3.63, 3.8) is 0 Å². The van der Waals surface area contributed by atoms with Gasteiger partial charge in [0.05, 0.1) is 24.7 Å². The second-order valence-electron chi connectivity index (χ2n) is 4.59. The molecule has 1 unspecified atom stereocenters. The highest BCUT2D eigenvalue weighted by Crippen LogP contribution is 2.30. The van der Waals surface area contributed by atoms with E-state index in [0.29, 0.717) is 12.5 Å². The maximum Gasteiger partial charge on any atom is 0.311 e. The van der Waals surface area contributed by atoms with Crippen molar-refractivity contribution in [1.82, 2.24) is 0 Å². The summed E-state index contributed by atoms with van der Waals surface area (Å²) in [5, 5.41) is 14.1. The van der Waals surface area contributed by atoms with Gasteiger partial charge in [-0.2, -0.15) is 0 Å². The molecule has 1 rings (SSSR count). The van der Waals surface area contributed by atoms with Crippen molar-refractivity contribution in [1.29, 1.82) is 0 Å².